The first-order valence-corrected chi connectivity index (χ1v) is 12.0. The van der Waals surface area contributed by atoms with Crippen LogP contribution in [-0.4, -0.2) is 54.6 Å². The molecule has 2 aromatic rings. The van der Waals surface area contributed by atoms with Gasteiger partial charge < -0.3 is 19.8 Å². The molecule has 1 aromatic heterocycles. The lowest BCUT2D eigenvalue weighted by Gasteiger charge is -2.40. The number of likely N-dealkylation sites (N-methyl/N-ethyl adjacent to an activating group) is 1. The lowest BCUT2D eigenvalue weighted by atomic mass is 9.72. The van der Waals surface area contributed by atoms with Gasteiger partial charge in [0.05, 0.1) is 6.20 Å². The molecule has 1 saturated heterocycles. The number of anilines is 1. The Hall–Kier alpha value is -2.95. The molecule has 1 amide bonds. The molecule has 180 valence electrons. The van der Waals surface area contributed by atoms with Crippen LogP contribution < -0.4 is 5.32 Å². The lowest BCUT2D eigenvalue weighted by Crippen LogP contribution is -2.42. The number of carbonyl (C=O) groups is 1. The summed E-state index contributed by atoms with van der Waals surface area (Å²) in [6.45, 7) is 14.2. The van der Waals surface area contributed by atoms with E-state index in [9.17, 15) is 4.79 Å². The molecule has 1 aliphatic heterocycles. The third-order valence-corrected chi connectivity index (χ3v) is 7.16. The fourth-order valence-corrected chi connectivity index (χ4v) is 5.14. The number of benzene rings is 1. The number of rotatable bonds is 6. The van der Waals surface area contributed by atoms with Crippen LogP contribution in [0.4, 0.5) is 11.5 Å². The van der Waals surface area contributed by atoms with Crippen LogP contribution >= 0.6 is 0 Å². The van der Waals surface area contributed by atoms with E-state index in [0.717, 1.165) is 63.1 Å². The summed E-state index contributed by atoms with van der Waals surface area (Å²) in [5.74, 6) is 0.0612. The predicted octanol–water partition coefficient (Wildman–Crippen LogP) is 5.42. The highest BCUT2D eigenvalue weighted by molar-refractivity contribution is 6.03. The molecule has 34 heavy (non-hydrogen) atoms. The van der Waals surface area contributed by atoms with Crippen LogP contribution in [0.2, 0.25) is 0 Å². The monoisotopic (exact) mass is 461 g/mol. The molecule has 7 heteroatoms. The lowest BCUT2D eigenvalue weighted by molar-refractivity contribution is 0.0401. The number of H-pyrrole nitrogens is 1. The van der Waals surface area contributed by atoms with E-state index in [-0.39, 0.29) is 23.0 Å². The zero-order chi connectivity index (χ0) is 24.3. The van der Waals surface area contributed by atoms with Gasteiger partial charge >= 0.3 is 5.91 Å². The highest BCUT2D eigenvalue weighted by Crippen LogP contribution is 2.43. The van der Waals surface area contributed by atoms with Crippen LogP contribution in [0.25, 0.3) is 10.4 Å². The van der Waals surface area contributed by atoms with Crippen LogP contribution in [0, 0.1) is 12.0 Å². The second kappa shape index (κ2) is 9.73. The number of carbonyl (C=O) groups excluding carboxylic acids is 1. The van der Waals surface area contributed by atoms with Crippen molar-refractivity contribution in [1.82, 2.24) is 14.9 Å². The Labute approximate surface area is 202 Å². The van der Waals surface area contributed by atoms with Crippen molar-refractivity contribution >= 4 is 23.0 Å². The van der Waals surface area contributed by atoms with Gasteiger partial charge in [0.1, 0.15) is 0 Å². The van der Waals surface area contributed by atoms with Gasteiger partial charge in [-0.1, -0.05) is 32.6 Å². The molecule has 0 bridgehead atoms. The molecule has 0 saturated carbocycles. The van der Waals surface area contributed by atoms with Crippen LogP contribution in [0.15, 0.2) is 30.5 Å². The minimum atomic E-state index is -0.338. The third kappa shape index (κ3) is 5.24. The van der Waals surface area contributed by atoms with Crippen molar-refractivity contribution in [3.05, 3.63) is 58.8 Å². The van der Waals surface area contributed by atoms with Crippen molar-refractivity contribution in [2.45, 2.75) is 51.4 Å². The summed E-state index contributed by atoms with van der Waals surface area (Å²) < 4.78 is 5.72. The molecule has 0 spiro atoms. The van der Waals surface area contributed by atoms with Gasteiger partial charge in [0.25, 0.3) is 5.82 Å². The first-order chi connectivity index (χ1) is 16.2. The number of ether oxygens (including phenoxy) is 1. The number of hydrogen-bond acceptors (Lipinski definition) is 4. The van der Waals surface area contributed by atoms with E-state index in [0.29, 0.717) is 5.41 Å². The SMILES string of the molecule is [C-]#[N+]c1cnc(C(=O)Nc2ccc(C3(CN(C)C)CCOCC3)cc2C2=CCC(C)(C)CC2)[nH]1. The molecule has 1 aliphatic carbocycles. The number of nitrogens with zero attached hydrogens (tertiary/aromatic N) is 3. The Morgan fingerprint density at radius 2 is 2.03 bits per heavy atom. The number of nitrogens with one attached hydrogen (secondary N) is 2. The van der Waals surface area contributed by atoms with Crippen LogP contribution in [0.1, 0.15) is 67.7 Å². The summed E-state index contributed by atoms with van der Waals surface area (Å²) in [5.41, 5.74) is 4.78. The van der Waals surface area contributed by atoms with E-state index in [4.69, 9.17) is 11.3 Å². The second-order valence-electron chi connectivity index (χ2n) is 10.7. The number of amides is 1. The minimum Gasteiger partial charge on any atom is -0.381 e. The molecule has 7 nitrogen and oxygen atoms in total. The van der Waals surface area contributed by atoms with E-state index in [1.165, 1.54) is 17.3 Å². The number of allylic oxidation sites excluding steroid dienone is 2. The standard InChI is InChI=1S/C27H35N5O2/c1-26(2)10-8-19(9-11-26)21-16-20(27(18-32(4)5)12-14-34-15-13-27)6-7-22(21)30-25(33)24-29-17-23(28-3)31-24/h6-8,16-17H,9-15,18H2,1-2,4-5H3,(H,29,31)(H,30,33). The zero-order valence-electron chi connectivity index (χ0n) is 20.7. The molecule has 0 atom stereocenters. The molecule has 0 radical (unpaired) electrons. The minimum absolute atomic E-state index is 0.0269. The van der Waals surface area contributed by atoms with Gasteiger partial charge in [-0.3, -0.25) is 9.78 Å². The Bertz CT molecular complexity index is 1120. The Morgan fingerprint density at radius 1 is 1.26 bits per heavy atom. The fourth-order valence-electron chi connectivity index (χ4n) is 5.14. The van der Waals surface area contributed by atoms with E-state index in [1.54, 1.807) is 0 Å². The van der Waals surface area contributed by atoms with Crippen molar-refractivity contribution in [1.29, 1.82) is 0 Å². The third-order valence-electron chi connectivity index (χ3n) is 7.16. The summed E-state index contributed by atoms with van der Waals surface area (Å²) in [6, 6.07) is 6.49. The van der Waals surface area contributed by atoms with Gasteiger partial charge in [0.2, 0.25) is 5.82 Å². The average Bonchev–Trinajstić information content (AvgIpc) is 3.29. The Morgan fingerprint density at radius 3 is 2.65 bits per heavy atom. The van der Waals surface area contributed by atoms with Crippen molar-refractivity contribution in [2.75, 3.05) is 39.2 Å². The number of aromatic nitrogens is 2. The van der Waals surface area contributed by atoms with Crippen molar-refractivity contribution in [3.8, 4) is 0 Å². The van der Waals surface area contributed by atoms with Crippen molar-refractivity contribution in [3.63, 3.8) is 0 Å². The number of hydrogen-bond donors (Lipinski definition) is 2. The highest BCUT2D eigenvalue weighted by Gasteiger charge is 2.36. The second-order valence-corrected chi connectivity index (χ2v) is 10.7. The van der Waals surface area contributed by atoms with Crippen LogP contribution in [0.3, 0.4) is 0 Å². The predicted molar refractivity (Wildman–Crippen MR) is 135 cm³/mol. The Kier molecular flexibility index (Phi) is 6.92. The number of aromatic amines is 1. The van der Waals surface area contributed by atoms with E-state index in [1.807, 2.05) is 6.07 Å². The number of imidazole rings is 1. The molecular formula is C27H35N5O2. The van der Waals surface area contributed by atoms with Gasteiger partial charge in [0.15, 0.2) is 0 Å². The molecule has 1 aromatic carbocycles. The van der Waals surface area contributed by atoms with Crippen LogP contribution in [-0.2, 0) is 10.2 Å². The van der Waals surface area contributed by atoms with Gasteiger partial charge in [-0.05, 0) is 74.9 Å². The normalized spacial score (nSPS) is 19.4. The van der Waals surface area contributed by atoms with Crippen molar-refractivity contribution in [2.24, 2.45) is 5.41 Å². The first kappa shape index (κ1) is 24.2. The fraction of sp³-hybridized carbons (Fsp3) is 0.519. The van der Waals surface area contributed by atoms with E-state index in [2.05, 4.69) is 71.2 Å². The molecule has 2 heterocycles. The molecule has 2 N–H and O–H groups in total. The van der Waals surface area contributed by atoms with Gasteiger partial charge in [0, 0.05) is 36.4 Å². The summed E-state index contributed by atoms with van der Waals surface area (Å²) in [6.07, 6.45) is 8.79. The quantitative estimate of drug-likeness (QED) is 0.564. The van der Waals surface area contributed by atoms with Gasteiger partial charge in [-0.25, -0.2) is 4.98 Å². The highest BCUT2D eigenvalue weighted by atomic mass is 16.5. The first-order valence-electron chi connectivity index (χ1n) is 12.0. The maximum Gasteiger partial charge on any atom is 0.314 e. The summed E-state index contributed by atoms with van der Waals surface area (Å²) >= 11 is 0. The maximum atomic E-state index is 12.9. The molecule has 0 unspecified atom stereocenters. The topological polar surface area (TPSA) is 74.6 Å². The molecule has 2 aliphatic rings. The summed E-state index contributed by atoms with van der Waals surface area (Å²) in [4.78, 5) is 25.3. The van der Waals surface area contributed by atoms with Gasteiger partial charge in [-0.15, -0.1) is 0 Å². The van der Waals surface area contributed by atoms with Crippen molar-refractivity contribution < 1.29 is 9.53 Å². The largest absolute Gasteiger partial charge is 0.381 e. The van der Waals surface area contributed by atoms with Gasteiger partial charge in [-0.2, -0.15) is 0 Å². The zero-order valence-corrected chi connectivity index (χ0v) is 20.7. The molecule has 4 rings (SSSR count). The molecular weight excluding hydrogens is 426 g/mol. The summed E-state index contributed by atoms with van der Waals surface area (Å²) in [7, 11) is 4.25. The average molecular weight is 462 g/mol. The van der Waals surface area contributed by atoms with E-state index >= 15 is 0 Å². The van der Waals surface area contributed by atoms with Crippen LogP contribution in [0.5, 0.6) is 0 Å². The van der Waals surface area contributed by atoms with E-state index < -0.39 is 0 Å². The smallest absolute Gasteiger partial charge is 0.314 e. The maximum absolute atomic E-state index is 12.9. The molecule has 1 fully saturated rings. The Balaban J connectivity index is 1.73. The summed E-state index contributed by atoms with van der Waals surface area (Å²) in [5, 5.41) is 3.05.